The monoisotopic (exact) mass is 347 g/mol. The van der Waals surface area contributed by atoms with Crippen LogP contribution in [0.4, 0.5) is 17.1 Å². The van der Waals surface area contributed by atoms with E-state index in [-0.39, 0.29) is 5.92 Å². The lowest BCUT2D eigenvalue weighted by Gasteiger charge is -2.37. The van der Waals surface area contributed by atoms with Crippen molar-refractivity contribution in [3.8, 4) is 0 Å². The van der Waals surface area contributed by atoms with Gasteiger partial charge in [0.25, 0.3) is 0 Å². The fraction of sp³-hybridized carbons (Fsp3) is 0.0952. The molecule has 1 heterocycles. The summed E-state index contributed by atoms with van der Waals surface area (Å²) in [6.45, 7) is 0. The first-order valence-electron chi connectivity index (χ1n) is 7.92. The number of benzene rings is 3. The van der Waals surface area contributed by atoms with Gasteiger partial charge >= 0.3 is 0 Å². The summed E-state index contributed by atoms with van der Waals surface area (Å²) in [5.74, 6) is 0.155. The molecule has 0 N–H and O–H groups in total. The van der Waals surface area contributed by atoms with Gasteiger partial charge in [-0.2, -0.15) is 0 Å². The van der Waals surface area contributed by atoms with Gasteiger partial charge in [-0.3, -0.25) is 0 Å². The third kappa shape index (κ3) is 2.45. The summed E-state index contributed by atoms with van der Waals surface area (Å²) in [5, 5.41) is 0. The van der Waals surface area contributed by atoms with Crippen molar-refractivity contribution in [2.75, 3.05) is 11.2 Å². The molecule has 24 heavy (non-hydrogen) atoms. The lowest BCUT2D eigenvalue weighted by molar-refractivity contribution is 1.04. The Morgan fingerprint density at radius 3 is 1.83 bits per heavy atom. The second kappa shape index (κ2) is 6.42. The first-order chi connectivity index (χ1) is 11.8. The van der Waals surface area contributed by atoms with Crippen molar-refractivity contribution in [2.45, 2.75) is 5.92 Å². The minimum atomic E-state index is 0.155. The van der Waals surface area contributed by atoms with E-state index in [0.29, 0.717) is 0 Å². The van der Waals surface area contributed by atoms with E-state index >= 15 is 0 Å². The number of hydrogen-bond acceptors (Lipinski definition) is 3. The zero-order chi connectivity index (χ0) is 16.5. The Labute approximate surface area is 152 Å². The zero-order valence-corrected chi connectivity index (χ0v) is 15.0. The largest absolute Gasteiger partial charge is 0.310 e. The summed E-state index contributed by atoms with van der Waals surface area (Å²) in [5.41, 5.74) is 6.15. The lowest BCUT2D eigenvalue weighted by atomic mass is 9.85. The molecule has 3 heteroatoms. The smallest absolute Gasteiger partial charge is 0.0596 e. The Bertz CT molecular complexity index is 842. The van der Waals surface area contributed by atoms with Crippen LogP contribution in [0.5, 0.6) is 0 Å². The maximum atomic E-state index is 5.73. The van der Waals surface area contributed by atoms with Crippen LogP contribution < -0.4 is 4.90 Å². The maximum Gasteiger partial charge on any atom is 0.0596 e. The van der Waals surface area contributed by atoms with Crippen LogP contribution in [0.2, 0.25) is 0 Å². The van der Waals surface area contributed by atoms with Crippen molar-refractivity contribution >= 4 is 45.2 Å². The molecular weight excluding hydrogens is 330 g/mol. The van der Waals surface area contributed by atoms with Gasteiger partial charge in [-0.15, -0.1) is 11.8 Å². The molecule has 1 nitrogen and oxygen atoms in total. The highest BCUT2D eigenvalue weighted by molar-refractivity contribution is 8.22. The Morgan fingerprint density at radius 1 is 0.792 bits per heavy atom. The predicted octanol–water partition coefficient (Wildman–Crippen LogP) is 6.29. The van der Waals surface area contributed by atoms with Gasteiger partial charge < -0.3 is 4.90 Å². The number of fused-ring (bicyclic) bond motifs is 2. The molecular formula is C21H17NS2. The normalized spacial score (nSPS) is 13.3. The van der Waals surface area contributed by atoms with Gasteiger partial charge in [0.1, 0.15) is 0 Å². The van der Waals surface area contributed by atoms with Crippen molar-refractivity contribution in [3.05, 3.63) is 90.0 Å². The fourth-order valence-electron chi connectivity index (χ4n) is 3.39. The third-order valence-corrected chi connectivity index (χ3v) is 5.80. The molecule has 118 valence electrons. The Hall–Kier alpha value is -2.10. The van der Waals surface area contributed by atoms with Gasteiger partial charge in [-0.25, -0.2) is 0 Å². The molecule has 0 aliphatic carbocycles. The van der Waals surface area contributed by atoms with Crippen LogP contribution in [0.1, 0.15) is 17.0 Å². The van der Waals surface area contributed by atoms with E-state index in [4.69, 9.17) is 12.2 Å². The molecule has 0 atom stereocenters. The number of nitrogens with zero attached hydrogens (tertiary/aromatic N) is 1. The van der Waals surface area contributed by atoms with E-state index in [9.17, 15) is 0 Å². The third-order valence-electron chi connectivity index (χ3n) is 4.43. The Balaban J connectivity index is 2.00. The summed E-state index contributed by atoms with van der Waals surface area (Å²) >= 11 is 7.40. The number of thioether (sulfide) groups is 1. The molecule has 0 amide bonds. The van der Waals surface area contributed by atoms with Crippen molar-refractivity contribution in [2.24, 2.45) is 0 Å². The number of thiocarbonyl (C=S) groups is 1. The Morgan fingerprint density at radius 2 is 1.29 bits per heavy atom. The molecule has 0 spiro atoms. The highest BCUT2D eigenvalue weighted by Crippen LogP contribution is 2.50. The van der Waals surface area contributed by atoms with E-state index in [1.807, 2.05) is 0 Å². The van der Waals surface area contributed by atoms with Crippen molar-refractivity contribution in [1.82, 2.24) is 0 Å². The minimum Gasteiger partial charge on any atom is -0.310 e. The second-order valence-corrected chi connectivity index (χ2v) is 7.29. The van der Waals surface area contributed by atoms with E-state index in [2.05, 4.69) is 90.0 Å². The average molecular weight is 348 g/mol. The molecule has 0 radical (unpaired) electrons. The molecule has 0 unspecified atom stereocenters. The maximum absolute atomic E-state index is 5.73. The molecule has 0 fully saturated rings. The topological polar surface area (TPSA) is 3.24 Å². The minimum absolute atomic E-state index is 0.155. The Kier molecular flexibility index (Phi) is 4.13. The fourth-order valence-corrected chi connectivity index (χ4v) is 4.14. The molecule has 0 saturated carbocycles. The summed E-state index contributed by atoms with van der Waals surface area (Å²) in [6.07, 6.45) is 2.07. The highest BCUT2D eigenvalue weighted by atomic mass is 32.2. The van der Waals surface area contributed by atoms with E-state index < -0.39 is 0 Å². The number of para-hydroxylation sites is 3. The first kappa shape index (κ1) is 15.4. The van der Waals surface area contributed by atoms with E-state index in [1.54, 1.807) is 11.8 Å². The lowest BCUT2D eigenvalue weighted by Crippen LogP contribution is -2.24. The number of hydrogen-bond donors (Lipinski definition) is 0. The summed E-state index contributed by atoms with van der Waals surface area (Å²) < 4.78 is 1.02. The summed E-state index contributed by atoms with van der Waals surface area (Å²) in [6, 6.07) is 27.7. The van der Waals surface area contributed by atoms with Gasteiger partial charge in [0.05, 0.1) is 21.5 Å². The van der Waals surface area contributed by atoms with Gasteiger partial charge in [0.15, 0.2) is 0 Å². The van der Waals surface area contributed by atoms with E-state index in [1.165, 1.54) is 28.2 Å². The van der Waals surface area contributed by atoms with Gasteiger partial charge in [-0.05, 0) is 41.6 Å². The van der Waals surface area contributed by atoms with Gasteiger partial charge in [0, 0.05) is 5.69 Å². The van der Waals surface area contributed by atoms with Crippen LogP contribution in [-0.4, -0.2) is 10.5 Å². The van der Waals surface area contributed by atoms with Crippen LogP contribution in [0, 0.1) is 0 Å². The molecule has 0 saturated heterocycles. The molecule has 1 aliphatic rings. The predicted molar refractivity (Wildman–Crippen MR) is 109 cm³/mol. The SMILES string of the molecule is CSC(=S)C1c2ccccc2N(c2ccccc2)c2ccccc21. The second-order valence-electron chi connectivity index (χ2n) is 5.74. The molecule has 0 aromatic heterocycles. The van der Waals surface area contributed by atoms with Crippen molar-refractivity contribution < 1.29 is 0 Å². The number of anilines is 3. The molecule has 1 aliphatic heterocycles. The highest BCUT2D eigenvalue weighted by Gasteiger charge is 2.32. The van der Waals surface area contributed by atoms with Crippen molar-refractivity contribution in [1.29, 1.82) is 0 Å². The van der Waals surface area contributed by atoms with Gasteiger partial charge in [-0.1, -0.05) is 66.8 Å². The van der Waals surface area contributed by atoms with Crippen LogP contribution >= 0.6 is 24.0 Å². The average Bonchev–Trinajstić information content (AvgIpc) is 2.66. The van der Waals surface area contributed by atoms with Crippen LogP contribution in [0.25, 0.3) is 0 Å². The van der Waals surface area contributed by atoms with E-state index in [0.717, 1.165) is 4.20 Å². The van der Waals surface area contributed by atoms with Crippen LogP contribution in [0.15, 0.2) is 78.9 Å². The molecule has 0 bridgehead atoms. The first-order valence-corrected chi connectivity index (χ1v) is 9.55. The quantitative estimate of drug-likeness (QED) is 0.501. The molecule has 4 rings (SSSR count). The molecule has 3 aromatic carbocycles. The van der Waals surface area contributed by atoms with Crippen LogP contribution in [-0.2, 0) is 0 Å². The zero-order valence-electron chi connectivity index (χ0n) is 13.3. The van der Waals surface area contributed by atoms with Gasteiger partial charge in [0.2, 0.25) is 0 Å². The summed E-state index contributed by atoms with van der Waals surface area (Å²) in [4.78, 5) is 2.34. The van der Waals surface area contributed by atoms with Crippen LogP contribution in [0.3, 0.4) is 0 Å². The number of rotatable bonds is 2. The standard InChI is InChI=1S/C21H17NS2/c1-24-21(23)20-16-11-5-7-13-18(16)22(15-9-3-2-4-10-15)19-14-8-6-12-17(19)20/h2-14,20H,1H3. The van der Waals surface area contributed by atoms with Crippen molar-refractivity contribution in [3.63, 3.8) is 0 Å². The molecule has 3 aromatic rings. The summed E-state index contributed by atoms with van der Waals surface area (Å²) in [7, 11) is 0.